The van der Waals surface area contributed by atoms with Crippen LogP contribution in [0.5, 0.6) is 0 Å². The third-order valence-corrected chi connectivity index (χ3v) is 4.31. The number of nitrogens with one attached hydrogen (secondary N) is 1. The molecule has 0 spiro atoms. The first kappa shape index (κ1) is 15.3. The number of rotatable bonds is 3. The summed E-state index contributed by atoms with van der Waals surface area (Å²) in [6.07, 6.45) is 2.94. The molecule has 2 N–H and O–H groups in total. The number of pyridine rings is 1. The van der Waals surface area contributed by atoms with E-state index in [0.29, 0.717) is 11.3 Å². The topological polar surface area (TPSA) is 79.3 Å². The molecule has 0 bridgehead atoms. The van der Waals surface area contributed by atoms with E-state index in [2.05, 4.69) is 21.5 Å². The minimum Gasteiger partial charge on any atom is -0.384 e. The van der Waals surface area contributed by atoms with Gasteiger partial charge in [0, 0.05) is 11.8 Å². The molecule has 2 rings (SSSR count). The average Bonchev–Trinajstić information content (AvgIpc) is 2.45. The van der Waals surface area contributed by atoms with Crippen molar-refractivity contribution in [3.8, 4) is 11.8 Å². The maximum Gasteiger partial charge on any atom is 0.263 e. The Morgan fingerprint density at radius 3 is 2.76 bits per heavy atom. The van der Waals surface area contributed by atoms with E-state index < -0.39 is 10.0 Å². The minimum atomic E-state index is -3.80. The van der Waals surface area contributed by atoms with E-state index in [1.165, 1.54) is 24.4 Å². The van der Waals surface area contributed by atoms with E-state index in [1.807, 2.05) is 0 Å². The quantitative estimate of drug-likeness (QED) is 0.846. The molecule has 108 valence electrons. The van der Waals surface area contributed by atoms with Crippen molar-refractivity contribution in [3.63, 3.8) is 0 Å². The second-order valence-corrected chi connectivity index (χ2v) is 6.01. The van der Waals surface area contributed by atoms with Crippen molar-refractivity contribution in [2.45, 2.75) is 4.90 Å². The van der Waals surface area contributed by atoms with Crippen LogP contribution in [-0.2, 0) is 10.0 Å². The fraction of sp³-hybridized carbons (Fsp3) is 0.0714. The minimum absolute atomic E-state index is 0.0520. The van der Waals surface area contributed by atoms with Crippen LogP contribution in [0.4, 0.5) is 5.69 Å². The van der Waals surface area contributed by atoms with Gasteiger partial charge in [0.25, 0.3) is 10.0 Å². The third-order valence-electron chi connectivity index (χ3n) is 2.45. The predicted molar refractivity (Wildman–Crippen MR) is 80.5 cm³/mol. The molecule has 21 heavy (non-hydrogen) atoms. The van der Waals surface area contributed by atoms with Gasteiger partial charge in [-0.2, -0.15) is 0 Å². The zero-order valence-electron chi connectivity index (χ0n) is 10.7. The van der Waals surface area contributed by atoms with Crippen LogP contribution >= 0.6 is 11.6 Å². The van der Waals surface area contributed by atoms with Crippen LogP contribution in [0.15, 0.2) is 47.6 Å². The van der Waals surface area contributed by atoms with E-state index in [1.54, 1.807) is 18.3 Å². The van der Waals surface area contributed by atoms with Crippen LogP contribution in [0.3, 0.4) is 0 Å². The maximum atomic E-state index is 12.2. The van der Waals surface area contributed by atoms with Crippen molar-refractivity contribution in [1.82, 2.24) is 4.98 Å². The second-order valence-electron chi connectivity index (χ2n) is 3.95. The number of aliphatic hydroxyl groups excluding tert-OH is 1. The molecule has 5 nitrogen and oxygen atoms in total. The molecule has 0 unspecified atom stereocenters. The Hall–Kier alpha value is -2.07. The molecule has 2 aromatic rings. The lowest BCUT2D eigenvalue weighted by Gasteiger charge is -2.09. The fourth-order valence-electron chi connectivity index (χ4n) is 1.57. The number of aliphatic hydroxyl groups is 1. The summed E-state index contributed by atoms with van der Waals surface area (Å²) in [5, 5.41) is 8.68. The Balaban J connectivity index is 2.32. The van der Waals surface area contributed by atoms with Gasteiger partial charge in [0.2, 0.25) is 0 Å². The zero-order valence-corrected chi connectivity index (χ0v) is 12.3. The lowest BCUT2D eigenvalue weighted by atomic mass is 10.2. The highest BCUT2D eigenvalue weighted by Crippen LogP contribution is 2.24. The highest BCUT2D eigenvalue weighted by Gasteiger charge is 2.18. The monoisotopic (exact) mass is 322 g/mol. The van der Waals surface area contributed by atoms with E-state index in [0.717, 1.165) is 0 Å². The Bertz CT molecular complexity index is 796. The first-order valence-corrected chi connectivity index (χ1v) is 7.71. The van der Waals surface area contributed by atoms with Crippen molar-refractivity contribution < 1.29 is 13.5 Å². The molecule has 0 aliphatic heterocycles. The zero-order chi connectivity index (χ0) is 15.3. The van der Waals surface area contributed by atoms with E-state index in [9.17, 15) is 8.42 Å². The standard InChI is InChI=1S/C14H11ClN2O3S/c15-13-9-11(3-2-8-18)5-6-14(13)21(19,20)17-12-4-1-7-16-10-12/h1,4-7,9-10,17-18H,8H2. The number of hydrogen-bond acceptors (Lipinski definition) is 4. The van der Waals surface area contributed by atoms with Crippen molar-refractivity contribution in [2.75, 3.05) is 11.3 Å². The van der Waals surface area contributed by atoms with Crippen molar-refractivity contribution in [1.29, 1.82) is 0 Å². The van der Waals surface area contributed by atoms with Gasteiger partial charge in [-0.05, 0) is 30.3 Å². The SMILES string of the molecule is O=S(=O)(Nc1cccnc1)c1ccc(C#CCO)cc1Cl. The van der Waals surface area contributed by atoms with Gasteiger partial charge >= 0.3 is 0 Å². The van der Waals surface area contributed by atoms with E-state index >= 15 is 0 Å². The van der Waals surface area contributed by atoms with Crippen LogP contribution in [0.25, 0.3) is 0 Å². The molecule has 0 fully saturated rings. The molecule has 1 heterocycles. The molecule has 1 aromatic heterocycles. The fourth-order valence-corrected chi connectivity index (χ4v) is 3.16. The van der Waals surface area contributed by atoms with E-state index in [-0.39, 0.29) is 16.5 Å². The predicted octanol–water partition coefficient (Wildman–Crippen LogP) is 1.88. The van der Waals surface area contributed by atoms with Crippen LogP contribution in [-0.4, -0.2) is 25.1 Å². The number of nitrogens with zero attached hydrogens (tertiary/aromatic N) is 1. The lowest BCUT2D eigenvalue weighted by Crippen LogP contribution is -2.13. The van der Waals surface area contributed by atoms with Crippen molar-refractivity contribution >= 4 is 27.3 Å². The van der Waals surface area contributed by atoms with E-state index in [4.69, 9.17) is 16.7 Å². The summed E-state index contributed by atoms with van der Waals surface area (Å²) in [5.74, 6) is 5.12. The molecular weight excluding hydrogens is 312 g/mol. The van der Waals surface area contributed by atoms with Gasteiger partial charge in [0.1, 0.15) is 11.5 Å². The van der Waals surface area contributed by atoms with Crippen LogP contribution in [0.1, 0.15) is 5.56 Å². The number of sulfonamides is 1. The largest absolute Gasteiger partial charge is 0.384 e. The Morgan fingerprint density at radius 1 is 1.33 bits per heavy atom. The molecule has 7 heteroatoms. The van der Waals surface area contributed by atoms with Gasteiger partial charge in [-0.3, -0.25) is 9.71 Å². The summed E-state index contributed by atoms with van der Waals surface area (Å²) in [5.41, 5.74) is 0.868. The summed E-state index contributed by atoms with van der Waals surface area (Å²) >= 11 is 5.99. The Kier molecular flexibility index (Phi) is 4.81. The van der Waals surface area contributed by atoms with Gasteiger partial charge in [-0.15, -0.1) is 0 Å². The molecular formula is C14H11ClN2O3S. The number of halogens is 1. The molecule has 1 aromatic carbocycles. The normalized spacial score (nSPS) is 10.6. The van der Waals surface area contributed by atoms with Gasteiger partial charge in [0.15, 0.2) is 0 Å². The van der Waals surface area contributed by atoms with Gasteiger partial charge in [-0.1, -0.05) is 23.4 Å². The lowest BCUT2D eigenvalue weighted by molar-refractivity contribution is 0.350. The van der Waals surface area contributed by atoms with Gasteiger partial charge in [-0.25, -0.2) is 8.42 Å². The van der Waals surface area contributed by atoms with Crippen molar-refractivity contribution in [3.05, 3.63) is 53.3 Å². The molecule has 0 aliphatic rings. The Morgan fingerprint density at radius 2 is 2.14 bits per heavy atom. The van der Waals surface area contributed by atoms with Crippen LogP contribution in [0.2, 0.25) is 5.02 Å². The third kappa shape index (κ3) is 3.95. The molecule has 0 amide bonds. The summed E-state index contributed by atoms with van der Waals surface area (Å²) in [6, 6.07) is 7.52. The van der Waals surface area contributed by atoms with Gasteiger partial charge in [0.05, 0.1) is 16.9 Å². The van der Waals surface area contributed by atoms with Crippen molar-refractivity contribution in [2.24, 2.45) is 0 Å². The maximum absolute atomic E-state index is 12.2. The molecule has 0 atom stereocenters. The number of anilines is 1. The number of aromatic nitrogens is 1. The smallest absolute Gasteiger partial charge is 0.263 e. The highest BCUT2D eigenvalue weighted by atomic mass is 35.5. The van der Waals surface area contributed by atoms with Crippen LogP contribution < -0.4 is 4.72 Å². The first-order valence-electron chi connectivity index (χ1n) is 5.85. The van der Waals surface area contributed by atoms with Crippen LogP contribution in [0, 0.1) is 11.8 Å². The Labute approximate surface area is 127 Å². The average molecular weight is 323 g/mol. The molecule has 0 radical (unpaired) electrons. The number of hydrogen-bond donors (Lipinski definition) is 2. The van der Waals surface area contributed by atoms with Gasteiger partial charge < -0.3 is 5.11 Å². The molecule has 0 aliphatic carbocycles. The highest BCUT2D eigenvalue weighted by molar-refractivity contribution is 7.92. The summed E-state index contributed by atoms with van der Waals surface area (Å²) in [6.45, 7) is -0.278. The molecule has 0 saturated heterocycles. The summed E-state index contributed by atoms with van der Waals surface area (Å²) in [4.78, 5) is 3.78. The summed E-state index contributed by atoms with van der Waals surface area (Å²) in [7, 11) is -3.80. The summed E-state index contributed by atoms with van der Waals surface area (Å²) < 4.78 is 26.9. The molecule has 0 saturated carbocycles. The first-order chi connectivity index (χ1) is 10.0. The number of benzene rings is 1. The second kappa shape index (κ2) is 6.59.